The smallest absolute Gasteiger partial charge is 0.148 e. The molecule has 1 fully saturated rings. The predicted octanol–water partition coefficient (Wildman–Crippen LogP) is -0.0392. The Hall–Kier alpha value is -0.130. The van der Waals surface area contributed by atoms with Gasteiger partial charge in [-0.2, -0.15) is 0 Å². The maximum absolute atomic E-state index is 11.0. The molecule has 1 aliphatic rings. The van der Waals surface area contributed by atoms with Crippen molar-refractivity contribution < 1.29 is 8.42 Å². The van der Waals surface area contributed by atoms with Gasteiger partial charge in [-0.25, -0.2) is 8.42 Å². The molecule has 1 N–H and O–H groups in total. The molecule has 0 amide bonds. The third-order valence-electron chi connectivity index (χ3n) is 3.05. The van der Waals surface area contributed by atoms with Crippen LogP contribution in [-0.4, -0.2) is 58.1 Å². The van der Waals surface area contributed by atoms with Crippen LogP contribution in [0.25, 0.3) is 0 Å². The van der Waals surface area contributed by atoms with Crippen molar-refractivity contribution in [2.45, 2.75) is 19.4 Å². The Morgan fingerprint density at radius 1 is 1.47 bits per heavy atom. The number of likely N-dealkylation sites (N-methyl/N-ethyl adjacent to an activating group) is 1. The minimum Gasteiger partial charge on any atom is -0.312 e. The molecule has 5 heteroatoms. The molecular weight excluding hydrogens is 212 g/mol. The van der Waals surface area contributed by atoms with E-state index in [1.54, 1.807) is 0 Å². The largest absolute Gasteiger partial charge is 0.312 e. The van der Waals surface area contributed by atoms with Crippen molar-refractivity contribution in [2.75, 3.05) is 38.7 Å². The van der Waals surface area contributed by atoms with Gasteiger partial charge in [-0.15, -0.1) is 0 Å². The first-order valence-corrected chi connectivity index (χ1v) is 7.54. The number of nitrogens with zero attached hydrogens (tertiary/aromatic N) is 1. The van der Waals surface area contributed by atoms with Crippen LogP contribution in [0.15, 0.2) is 0 Å². The van der Waals surface area contributed by atoms with E-state index in [1.165, 1.54) is 12.7 Å². The Balaban J connectivity index is 2.26. The van der Waals surface area contributed by atoms with Gasteiger partial charge >= 0.3 is 0 Å². The lowest BCUT2D eigenvalue weighted by Gasteiger charge is -2.23. The average molecular weight is 234 g/mol. The van der Waals surface area contributed by atoms with Crippen molar-refractivity contribution in [2.24, 2.45) is 5.92 Å². The Morgan fingerprint density at radius 2 is 2.13 bits per heavy atom. The first kappa shape index (κ1) is 12.9. The van der Waals surface area contributed by atoms with Gasteiger partial charge in [-0.3, -0.25) is 0 Å². The highest BCUT2D eigenvalue weighted by Gasteiger charge is 2.23. The molecule has 0 aromatic rings. The van der Waals surface area contributed by atoms with E-state index in [1.807, 2.05) is 7.05 Å². The molecule has 0 spiro atoms. The minimum atomic E-state index is -2.83. The van der Waals surface area contributed by atoms with Crippen LogP contribution in [0.3, 0.4) is 0 Å². The summed E-state index contributed by atoms with van der Waals surface area (Å²) < 4.78 is 22.0. The molecule has 1 heterocycles. The molecule has 2 atom stereocenters. The molecule has 1 aliphatic heterocycles. The molecule has 0 saturated carbocycles. The molecule has 0 aromatic carbocycles. The van der Waals surface area contributed by atoms with E-state index in [-0.39, 0.29) is 5.75 Å². The van der Waals surface area contributed by atoms with Gasteiger partial charge in [-0.05, 0) is 25.9 Å². The lowest BCUT2D eigenvalue weighted by molar-refractivity contribution is 0.290. The summed E-state index contributed by atoms with van der Waals surface area (Å²) in [7, 11) is -0.844. The lowest BCUT2D eigenvalue weighted by atomic mass is 10.0. The molecule has 4 nitrogen and oxygen atoms in total. The number of sulfone groups is 1. The van der Waals surface area contributed by atoms with Gasteiger partial charge in [0.2, 0.25) is 0 Å². The fourth-order valence-electron chi connectivity index (χ4n) is 1.89. The van der Waals surface area contributed by atoms with E-state index in [2.05, 4.69) is 17.1 Å². The average Bonchev–Trinajstić information content (AvgIpc) is 2.47. The number of hydrogen-bond acceptors (Lipinski definition) is 4. The molecule has 90 valence electrons. The van der Waals surface area contributed by atoms with Gasteiger partial charge in [0.15, 0.2) is 0 Å². The van der Waals surface area contributed by atoms with E-state index in [4.69, 9.17) is 0 Å². The first-order valence-electron chi connectivity index (χ1n) is 5.48. The topological polar surface area (TPSA) is 49.4 Å². The second-order valence-electron chi connectivity index (χ2n) is 4.72. The number of rotatable bonds is 5. The van der Waals surface area contributed by atoms with Crippen molar-refractivity contribution in [3.8, 4) is 0 Å². The van der Waals surface area contributed by atoms with Crippen LogP contribution in [-0.2, 0) is 9.84 Å². The zero-order valence-corrected chi connectivity index (χ0v) is 10.7. The molecule has 0 radical (unpaired) electrons. The van der Waals surface area contributed by atoms with Gasteiger partial charge in [0.05, 0.1) is 5.75 Å². The van der Waals surface area contributed by atoms with Crippen LogP contribution in [0.4, 0.5) is 0 Å². The molecule has 1 rings (SSSR count). The van der Waals surface area contributed by atoms with Crippen LogP contribution in [0.2, 0.25) is 0 Å². The van der Waals surface area contributed by atoms with E-state index < -0.39 is 9.84 Å². The van der Waals surface area contributed by atoms with Crippen LogP contribution < -0.4 is 5.32 Å². The molecule has 2 unspecified atom stereocenters. The van der Waals surface area contributed by atoms with Crippen molar-refractivity contribution in [3.05, 3.63) is 0 Å². The summed E-state index contributed by atoms with van der Waals surface area (Å²) in [6.45, 7) is 4.90. The van der Waals surface area contributed by atoms with Crippen molar-refractivity contribution >= 4 is 9.84 Å². The van der Waals surface area contributed by atoms with Crippen LogP contribution in [0.5, 0.6) is 0 Å². The van der Waals surface area contributed by atoms with Crippen LogP contribution in [0.1, 0.15) is 13.3 Å². The van der Waals surface area contributed by atoms with Gasteiger partial charge in [-0.1, -0.05) is 6.92 Å². The van der Waals surface area contributed by atoms with E-state index in [0.29, 0.717) is 18.5 Å². The highest BCUT2D eigenvalue weighted by Crippen LogP contribution is 2.14. The highest BCUT2D eigenvalue weighted by molar-refractivity contribution is 7.90. The molecule has 0 aromatic heterocycles. The fourth-order valence-corrected chi connectivity index (χ4v) is 2.54. The second-order valence-corrected chi connectivity index (χ2v) is 6.98. The molecule has 1 saturated heterocycles. The monoisotopic (exact) mass is 234 g/mol. The predicted molar refractivity (Wildman–Crippen MR) is 62.8 cm³/mol. The van der Waals surface area contributed by atoms with Gasteiger partial charge in [0.25, 0.3) is 0 Å². The maximum Gasteiger partial charge on any atom is 0.148 e. The summed E-state index contributed by atoms with van der Waals surface area (Å²) in [6.07, 6.45) is 2.52. The summed E-state index contributed by atoms with van der Waals surface area (Å²) >= 11 is 0. The Bertz CT molecular complexity index is 290. The summed E-state index contributed by atoms with van der Waals surface area (Å²) in [5, 5.41) is 3.44. The molecule has 0 bridgehead atoms. The number of hydrogen-bond donors (Lipinski definition) is 1. The van der Waals surface area contributed by atoms with Crippen molar-refractivity contribution in [3.63, 3.8) is 0 Å². The Labute approximate surface area is 93.0 Å². The van der Waals surface area contributed by atoms with E-state index in [0.717, 1.165) is 13.1 Å². The standard InChI is InChI=1S/C10H22N2O2S/c1-9-4-5-11-10(9)8-12(2)6-7-15(3,13)14/h9-11H,4-8H2,1-3H3. The Morgan fingerprint density at radius 3 is 2.60 bits per heavy atom. The van der Waals surface area contributed by atoms with Gasteiger partial charge < -0.3 is 10.2 Å². The van der Waals surface area contributed by atoms with E-state index in [9.17, 15) is 8.42 Å². The quantitative estimate of drug-likeness (QED) is 0.725. The van der Waals surface area contributed by atoms with Crippen LogP contribution >= 0.6 is 0 Å². The highest BCUT2D eigenvalue weighted by atomic mass is 32.2. The number of nitrogens with one attached hydrogen (secondary N) is 1. The first-order chi connectivity index (χ1) is 6.88. The fraction of sp³-hybridized carbons (Fsp3) is 1.00. The zero-order chi connectivity index (χ0) is 11.5. The van der Waals surface area contributed by atoms with Crippen molar-refractivity contribution in [1.82, 2.24) is 10.2 Å². The van der Waals surface area contributed by atoms with Crippen LogP contribution in [0, 0.1) is 5.92 Å². The minimum absolute atomic E-state index is 0.255. The third kappa shape index (κ3) is 4.95. The van der Waals surface area contributed by atoms with Gasteiger partial charge in [0.1, 0.15) is 9.84 Å². The summed E-state index contributed by atoms with van der Waals surface area (Å²) in [5.41, 5.74) is 0. The second kappa shape index (κ2) is 5.27. The Kier molecular flexibility index (Phi) is 4.55. The molecule has 0 aliphatic carbocycles. The maximum atomic E-state index is 11.0. The molecular formula is C10H22N2O2S. The van der Waals surface area contributed by atoms with Crippen molar-refractivity contribution in [1.29, 1.82) is 0 Å². The lowest BCUT2D eigenvalue weighted by Crippen LogP contribution is -2.39. The van der Waals surface area contributed by atoms with Gasteiger partial charge in [0, 0.05) is 25.4 Å². The summed E-state index contributed by atoms with van der Waals surface area (Å²) in [5.74, 6) is 0.954. The summed E-state index contributed by atoms with van der Waals surface area (Å²) in [4.78, 5) is 2.10. The normalized spacial score (nSPS) is 27.5. The molecule has 15 heavy (non-hydrogen) atoms. The van der Waals surface area contributed by atoms with E-state index >= 15 is 0 Å². The zero-order valence-electron chi connectivity index (χ0n) is 9.86. The summed E-state index contributed by atoms with van der Waals surface area (Å²) in [6, 6.07) is 0.523. The SMILES string of the molecule is CC1CCNC1CN(C)CCS(C)(=O)=O. The third-order valence-corrected chi connectivity index (χ3v) is 3.97.